The number of ether oxygens (including phenoxy) is 1. The van der Waals surface area contributed by atoms with Crippen LogP contribution < -0.4 is 10.5 Å². The SMILES string of the molecule is CCCC[C@@H](O)[C@@H](N)c1ccc(O)cc1OC.Cl. The van der Waals surface area contributed by atoms with Crippen LogP contribution in [0.2, 0.25) is 0 Å². The van der Waals surface area contributed by atoms with Crippen LogP contribution in [-0.4, -0.2) is 23.4 Å². The molecule has 0 saturated carbocycles. The summed E-state index contributed by atoms with van der Waals surface area (Å²) in [6.07, 6.45) is 2.04. The van der Waals surface area contributed by atoms with Gasteiger partial charge in [0.05, 0.1) is 19.3 Å². The number of halogens is 1. The summed E-state index contributed by atoms with van der Waals surface area (Å²) in [7, 11) is 1.52. The zero-order valence-corrected chi connectivity index (χ0v) is 11.6. The van der Waals surface area contributed by atoms with Gasteiger partial charge in [0.2, 0.25) is 0 Å². The lowest BCUT2D eigenvalue weighted by Crippen LogP contribution is -2.26. The molecule has 1 aromatic carbocycles. The second-order valence-corrected chi connectivity index (χ2v) is 4.16. The minimum Gasteiger partial charge on any atom is -0.508 e. The maximum Gasteiger partial charge on any atom is 0.127 e. The van der Waals surface area contributed by atoms with Crippen molar-refractivity contribution in [3.05, 3.63) is 23.8 Å². The number of unbranched alkanes of at least 4 members (excludes halogenated alkanes) is 1. The number of phenolic OH excluding ortho intramolecular Hbond substituents is 1. The van der Waals surface area contributed by atoms with Gasteiger partial charge in [0.1, 0.15) is 11.5 Å². The zero-order valence-electron chi connectivity index (χ0n) is 10.8. The van der Waals surface area contributed by atoms with E-state index in [1.807, 2.05) is 0 Å². The first-order valence-corrected chi connectivity index (χ1v) is 5.90. The summed E-state index contributed by atoms with van der Waals surface area (Å²) in [4.78, 5) is 0. The topological polar surface area (TPSA) is 75.7 Å². The molecule has 104 valence electrons. The fourth-order valence-corrected chi connectivity index (χ4v) is 1.78. The highest BCUT2D eigenvalue weighted by molar-refractivity contribution is 5.85. The molecule has 1 aromatic rings. The van der Waals surface area contributed by atoms with Crippen molar-refractivity contribution in [1.29, 1.82) is 0 Å². The van der Waals surface area contributed by atoms with Gasteiger partial charge in [-0.3, -0.25) is 0 Å². The van der Waals surface area contributed by atoms with E-state index >= 15 is 0 Å². The highest BCUT2D eigenvalue weighted by atomic mass is 35.5. The summed E-state index contributed by atoms with van der Waals surface area (Å²) in [6, 6.07) is 4.25. The Labute approximate surface area is 114 Å². The number of rotatable bonds is 6. The number of hydrogen-bond acceptors (Lipinski definition) is 4. The lowest BCUT2D eigenvalue weighted by atomic mass is 9.97. The van der Waals surface area contributed by atoms with Gasteiger partial charge < -0.3 is 20.7 Å². The molecule has 4 N–H and O–H groups in total. The molecule has 0 aliphatic carbocycles. The van der Waals surface area contributed by atoms with Crippen LogP contribution in [0, 0.1) is 0 Å². The molecule has 2 atom stereocenters. The first-order valence-electron chi connectivity index (χ1n) is 5.90. The molecule has 0 bridgehead atoms. The Morgan fingerprint density at radius 1 is 1.39 bits per heavy atom. The maximum atomic E-state index is 9.95. The molecule has 0 saturated heterocycles. The standard InChI is InChI=1S/C13H21NO3.ClH/c1-3-4-5-11(16)13(14)10-7-6-9(15)8-12(10)17-2;/h6-8,11,13,15-16H,3-5,14H2,1-2H3;1H/t11-,13+;/m1./s1. The number of aliphatic hydroxyl groups excluding tert-OH is 1. The Morgan fingerprint density at radius 3 is 2.61 bits per heavy atom. The lowest BCUT2D eigenvalue weighted by molar-refractivity contribution is 0.131. The maximum absolute atomic E-state index is 9.95. The van der Waals surface area contributed by atoms with Crippen molar-refractivity contribution in [1.82, 2.24) is 0 Å². The van der Waals surface area contributed by atoms with Gasteiger partial charge in [-0.25, -0.2) is 0 Å². The monoisotopic (exact) mass is 275 g/mol. The second kappa shape index (κ2) is 8.19. The molecule has 18 heavy (non-hydrogen) atoms. The Bertz CT molecular complexity index is 360. The van der Waals surface area contributed by atoms with Crippen LogP contribution in [-0.2, 0) is 0 Å². The second-order valence-electron chi connectivity index (χ2n) is 4.16. The van der Waals surface area contributed by atoms with Crippen molar-refractivity contribution in [3.8, 4) is 11.5 Å². The van der Waals surface area contributed by atoms with E-state index in [0.717, 1.165) is 12.8 Å². The molecular formula is C13H22ClNO3. The predicted octanol–water partition coefficient (Wildman–Crippen LogP) is 2.37. The van der Waals surface area contributed by atoms with E-state index in [0.29, 0.717) is 17.7 Å². The van der Waals surface area contributed by atoms with E-state index in [1.54, 1.807) is 12.1 Å². The van der Waals surface area contributed by atoms with E-state index in [-0.39, 0.29) is 18.2 Å². The molecule has 5 heteroatoms. The largest absolute Gasteiger partial charge is 0.508 e. The van der Waals surface area contributed by atoms with Crippen molar-refractivity contribution < 1.29 is 14.9 Å². The van der Waals surface area contributed by atoms with E-state index < -0.39 is 12.1 Å². The van der Waals surface area contributed by atoms with Gasteiger partial charge in [-0.05, 0) is 18.6 Å². The van der Waals surface area contributed by atoms with Crippen molar-refractivity contribution in [2.24, 2.45) is 5.73 Å². The van der Waals surface area contributed by atoms with E-state index in [1.165, 1.54) is 13.2 Å². The molecule has 0 aromatic heterocycles. The highest BCUT2D eigenvalue weighted by Gasteiger charge is 2.20. The molecule has 4 nitrogen and oxygen atoms in total. The van der Waals surface area contributed by atoms with Gasteiger partial charge in [0.25, 0.3) is 0 Å². The summed E-state index contributed by atoms with van der Waals surface area (Å²) in [5.41, 5.74) is 6.71. The van der Waals surface area contributed by atoms with Gasteiger partial charge in [-0.1, -0.05) is 19.8 Å². The van der Waals surface area contributed by atoms with Gasteiger partial charge in [-0.15, -0.1) is 12.4 Å². The van der Waals surface area contributed by atoms with Gasteiger partial charge in [0, 0.05) is 11.6 Å². The van der Waals surface area contributed by atoms with Gasteiger partial charge >= 0.3 is 0 Å². The minimum atomic E-state index is -0.589. The summed E-state index contributed by atoms with van der Waals surface area (Å²) >= 11 is 0. The zero-order chi connectivity index (χ0) is 12.8. The van der Waals surface area contributed by atoms with Crippen LogP contribution in [0.15, 0.2) is 18.2 Å². The van der Waals surface area contributed by atoms with Crippen molar-refractivity contribution in [2.45, 2.75) is 38.3 Å². The fourth-order valence-electron chi connectivity index (χ4n) is 1.78. The lowest BCUT2D eigenvalue weighted by Gasteiger charge is -2.21. The van der Waals surface area contributed by atoms with Gasteiger partial charge in [0.15, 0.2) is 0 Å². The quantitative estimate of drug-likeness (QED) is 0.745. The first-order chi connectivity index (χ1) is 8.10. The Hall–Kier alpha value is -0.970. The Kier molecular flexibility index (Phi) is 7.75. The predicted molar refractivity (Wildman–Crippen MR) is 74.4 cm³/mol. The van der Waals surface area contributed by atoms with Crippen LogP contribution in [0.1, 0.15) is 37.8 Å². The molecule has 0 spiro atoms. The number of nitrogens with two attached hydrogens (primary N) is 1. The van der Waals surface area contributed by atoms with Gasteiger partial charge in [-0.2, -0.15) is 0 Å². The van der Waals surface area contributed by atoms with E-state index in [2.05, 4.69) is 6.92 Å². The molecule has 0 unspecified atom stereocenters. The average Bonchev–Trinajstić information content (AvgIpc) is 2.34. The third-order valence-electron chi connectivity index (χ3n) is 2.84. The smallest absolute Gasteiger partial charge is 0.127 e. The first kappa shape index (κ1) is 17.0. The van der Waals surface area contributed by atoms with E-state index in [9.17, 15) is 10.2 Å². The highest BCUT2D eigenvalue weighted by Crippen LogP contribution is 2.30. The summed E-state index contributed by atoms with van der Waals surface area (Å²) in [6.45, 7) is 2.07. The van der Waals surface area contributed by atoms with Crippen LogP contribution in [0.4, 0.5) is 0 Å². The molecule has 0 aliphatic heterocycles. The summed E-state index contributed by atoms with van der Waals surface area (Å²) in [5, 5.41) is 19.3. The number of benzene rings is 1. The van der Waals surface area contributed by atoms with Crippen molar-refractivity contribution in [3.63, 3.8) is 0 Å². The normalized spacial score (nSPS) is 13.6. The number of methoxy groups -OCH3 is 1. The minimum absolute atomic E-state index is 0. The van der Waals surface area contributed by atoms with Crippen LogP contribution in [0.3, 0.4) is 0 Å². The molecule has 0 fully saturated rings. The van der Waals surface area contributed by atoms with E-state index in [4.69, 9.17) is 10.5 Å². The Balaban J connectivity index is 0.00000289. The number of phenols is 1. The fraction of sp³-hybridized carbons (Fsp3) is 0.538. The number of hydrogen-bond donors (Lipinski definition) is 3. The molecule has 0 amide bonds. The van der Waals surface area contributed by atoms with Crippen molar-refractivity contribution >= 4 is 12.4 Å². The van der Waals surface area contributed by atoms with Crippen LogP contribution in [0.25, 0.3) is 0 Å². The number of aromatic hydroxyl groups is 1. The molecule has 0 radical (unpaired) electrons. The number of aliphatic hydroxyl groups is 1. The summed E-state index contributed by atoms with van der Waals surface area (Å²) in [5.74, 6) is 0.633. The van der Waals surface area contributed by atoms with Crippen LogP contribution in [0.5, 0.6) is 11.5 Å². The Morgan fingerprint density at radius 2 is 2.06 bits per heavy atom. The van der Waals surface area contributed by atoms with Crippen molar-refractivity contribution in [2.75, 3.05) is 7.11 Å². The molecular weight excluding hydrogens is 254 g/mol. The average molecular weight is 276 g/mol. The van der Waals surface area contributed by atoms with Crippen LogP contribution >= 0.6 is 12.4 Å². The molecule has 0 heterocycles. The summed E-state index contributed by atoms with van der Waals surface area (Å²) < 4.78 is 5.15. The third kappa shape index (κ3) is 4.37. The molecule has 0 aliphatic rings. The molecule has 1 rings (SSSR count). The third-order valence-corrected chi connectivity index (χ3v) is 2.84.